The first-order chi connectivity index (χ1) is 32.5. The minimum atomic E-state index is -4.61. The predicted octanol–water partition coefficient (Wildman–Crippen LogP) is 16.1. The lowest BCUT2D eigenvalue weighted by Gasteiger charge is -2.29. The molecule has 0 spiro atoms. The number of phosphoric acid groups is 1. The lowest BCUT2D eigenvalue weighted by atomic mass is 10.0. The fourth-order valence-electron chi connectivity index (χ4n) is 7.83. The molecule has 2 N–H and O–H groups in total. The summed E-state index contributed by atoms with van der Waals surface area (Å²) in [5.74, 6) is -0.229. The molecule has 0 rings (SSSR count). The number of aliphatic hydroxyl groups excluding tert-OH is 1. The van der Waals surface area contributed by atoms with Gasteiger partial charge in [0, 0.05) is 6.42 Å². The number of carbonyl (C=O) groups is 1. The van der Waals surface area contributed by atoms with E-state index in [0.29, 0.717) is 23.9 Å². The zero-order valence-electron chi connectivity index (χ0n) is 44.3. The van der Waals surface area contributed by atoms with Crippen molar-refractivity contribution in [3.8, 4) is 0 Å². The highest BCUT2D eigenvalue weighted by Crippen LogP contribution is 2.38. The van der Waals surface area contributed by atoms with Crippen LogP contribution in [0.2, 0.25) is 0 Å². The zero-order chi connectivity index (χ0) is 49.2. The molecule has 0 bridgehead atoms. The predicted molar refractivity (Wildman–Crippen MR) is 288 cm³/mol. The smallest absolute Gasteiger partial charge is 0.268 e. The Hall–Kier alpha value is -2.06. The van der Waals surface area contributed by atoms with Crippen LogP contribution in [-0.2, 0) is 18.4 Å². The summed E-state index contributed by atoms with van der Waals surface area (Å²) in [5.41, 5.74) is 0. The van der Waals surface area contributed by atoms with E-state index in [4.69, 9.17) is 9.05 Å². The van der Waals surface area contributed by atoms with E-state index < -0.39 is 26.6 Å². The summed E-state index contributed by atoms with van der Waals surface area (Å²) in [6, 6.07) is -0.909. The van der Waals surface area contributed by atoms with Gasteiger partial charge in [0.1, 0.15) is 13.2 Å². The molecular formula is C58H107N2O6P. The third-order valence-electron chi connectivity index (χ3n) is 12.2. The largest absolute Gasteiger partial charge is 0.756 e. The Morgan fingerprint density at radius 2 is 0.910 bits per heavy atom. The minimum absolute atomic E-state index is 0.0109. The van der Waals surface area contributed by atoms with Gasteiger partial charge in [-0.05, 0) is 64.2 Å². The molecule has 1 amide bonds. The van der Waals surface area contributed by atoms with Crippen LogP contribution in [0.15, 0.2) is 72.9 Å². The molecule has 3 unspecified atom stereocenters. The Kier molecular flexibility index (Phi) is 47.4. The average molecular weight is 959 g/mol. The first kappa shape index (κ1) is 64.9. The number of nitrogens with zero attached hydrogens (tertiary/aromatic N) is 1. The zero-order valence-corrected chi connectivity index (χ0v) is 45.2. The minimum Gasteiger partial charge on any atom is -0.756 e. The molecule has 0 fully saturated rings. The molecule has 0 radical (unpaired) electrons. The molecule has 0 aliphatic rings. The van der Waals surface area contributed by atoms with Gasteiger partial charge in [-0.15, -0.1) is 0 Å². The molecule has 0 aromatic rings. The maximum atomic E-state index is 12.9. The van der Waals surface area contributed by atoms with Gasteiger partial charge in [-0.25, -0.2) is 0 Å². The third kappa shape index (κ3) is 51.6. The first-order valence-corrected chi connectivity index (χ1v) is 29.3. The maximum absolute atomic E-state index is 12.9. The van der Waals surface area contributed by atoms with Crippen molar-refractivity contribution in [1.29, 1.82) is 0 Å². The van der Waals surface area contributed by atoms with Crippen molar-refractivity contribution in [1.82, 2.24) is 5.32 Å². The number of allylic oxidation sites excluding steroid dienone is 11. The third-order valence-corrected chi connectivity index (χ3v) is 13.1. The van der Waals surface area contributed by atoms with E-state index in [1.54, 1.807) is 6.08 Å². The lowest BCUT2D eigenvalue weighted by Crippen LogP contribution is -2.45. The molecule has 0 aliphatic heterocycles. The number of hydrogen-bond donors (Lipinski definition) is 2. The van der Waals surface area contributed by atoms with Crippen LogP contribution in [0, 0.1) is 0 Å². The van der Waals surface area contributed by atoms with Crippen molar-refractivity contribution in [2.75, 3.05) is 40.9 Å². The number of quaternary nitrogens is 1. The van der Waals surface area contributed by atoms with Crippen LogP contribution in [0.25, 0.3) is 0 Å². The van der Waals surface area contributed by atoms with Crippen LogP contribution < -0.4 is 10.2 Å². The van der Waals surface area contributed by atoms with E-state index in [1.807, 2.05) is 27.2 Å². The molecule has 0 aromatic carbocycles. The fourth-order valence-corrected chi connectivity index (χ4v) is 8.55. The van der Waals surface area contributed by atoms with Crippen molar-refractivity contribution in [2.24, 2.45) is 0 Å². The van der Waals surface area contributed by atoms with Crippen molar-refractivity contribution in [3.05, 3.63) is 72.9 Å². The quantitative estimate of drug-likeness (QED) is 0.0272. The van der Waals surface area contributed by atoms with Crippen molar-refractivity contribution < 1.29 is 32.9 Å². The van der Waals surface area contributed by atoms with Gasteiger partial charge >= 0.3 is 0 Å². The fraction of sp³-hybridized carbons (Fsp3) is 0.776. The number of nitrogens with one attached hydrogen (secondary N) is 1. The number of carbonyl (C=O) groups excluding carboxylic acids is 1. The van der Waals surface area contributed by atoms with Crippen molar-refractivity contribution in [3.63, 3.8) is 0 Å². The SMILES string of the molecule is CC/C=C\C/C=C\C/C=C\C/C=C\C/C=C\CCCCCC(=O)NC(COP(=O)([O-])OCC[N+](C)(C)C)C(O)/C=C/CCCCCCCCCCCCCCCCCCCCCCCCCC. The second-order valence-corrected chi connectivity index (χ2v) is 21.3. The van der Waals surface area contributed by atoms with Gasteiger partial charge in [-0.1, -0.05) is 241 Å². The summed E-state index contributed by atoms with van der Waals surface area (Å²) < 4.78 is 23.3. The van der Waals surface area contributed by atoms with Gasteiger partial charge < -0.3 is 28.8 Å². The van der Waals surface area contributed by atoms with E-state index in [9.17, 15) is 19.4 Å². The molecule has 9 heteroatoms. The maximum Gasteiger partial charge on any atom is 0.268 e. The van der Waals surface area contributed by atoms with Crippen LogP contribution >= 0.6 is 7.82 Å². The molecule has 0 aliphatic carbocycles. The normalized spacial score (nSPS) is 14.6. The Labute approximate surface area is 414 Å². The highest BCUT2D eigenvalue weighted by atomic mass is 31.2. The number of phosphoric ester groups is 1. The standard InChI is InChI=1S/C58H107N2O6P/c1-6-8-10-12-14-16-18-20-22-24-26-27-28-29-30-31-32-34-35-37-39-41-43-45-47-49-51-57(61)56(55-66-67(63,64)65-54-53-60(3,4)5)59-58(62)52-50-48-46-44-42-40-38-36-33-25-23-21-19-17-15-13-11-9-7-2/h9,11,15,17,21,23,33,36,40,42,49,51,56-57,61H,6-8,10,12-14,16,18-20,22,24-32,34-35,37-39,41,43-48,50,52-55H2,1-5H3,(H-,59,62,63,64)/b11-9-,17-15-,23-21-,36-33-,42-40-,51-49+. The number of hydrogen-bond acceptors (Lipinski definition) is 6. The topological polar surface area (TPSA) is 108 Å². The Bertz CT molecular complexity index is 1320. The molecule has 0 saturated carbocycles. The summed E-state index contributed by atoms with van der Waals surface area (Å²) in [6.07, 6.45) is 66.9. The molecule has 67 heavy (non-hydrogen) atoms. The number of amides is 1. The van der Waals surface area contributed by atoms with Crippen molar-refractivity contribution in [2.45, 2.75) is 251 Å². The van der Waals surface area contributed by atoms with Crippen LogP contribution in [0.3, 0.4) is 0 Å². The van der Waals surface area contributed by atoms with Crippen LogP contribution in [-0.4, -0.2) is 68.5 Å². The highest BCUT2D eigenvalue weighted by molar-refractivity contribution is 7.45. The molecule has 3 atom stereocenters. The highest BCUT2D eigenvalue weighted by Gasteiger charge is 2.23. The van der Waals surface area contributed by atoms with Gasteiger partial charge in [-0.3, -0.25) is 9.36 Å². The summed E-state index contributed by atoms with van der Waals surface area (Å²) in [5, 5.41) is 13.9. The van der Waals surface area contributed by atoms with Crippen molar-refractivity contribution >= 4 is 13.7 Å². The summed E-state index contributed by atoms with van der Waals surface area (Å²) in [7, 11) is 1.23. The first-order valence-electron chi connectivity index (χ1n) is 27.8. The number of aliphatic hydroxyl groups is 1. The number of rotatable bonds is 50. The van der Waals surface area contributed by atoms with E-state index in [1.165, 1.54) is 141 Å². The van der Waals surface area contributed by atoms with E-state index in [-0.39, 0.29) is 12.5 Å². The Morgan fingerprint density at radius 3 is 1.33 bits per heavy atom. The molecule has 8 nitrogen and oxygen atoms in total. The molecular weight excluding hydrogens is 852 g/mol. The molecule has 0 aromatic heterocycles. The number of likely N-dealkylation sites (N-methyl/N-ethyl adjacent to an activating group) is 1. The van der Waals surface area contributed by atoms with Gasteiger partial charge in [0.25, 0.3) is 7.82 Å². The summed E-state index contributed by atoms with van der Waals surface area (Å²) in [6.45, 7) is 4.52. The Morgan fingerprint density at radius 1 is 0.537 bits per heavy atom. The molecule has 390 valence electrons. The second-order valence-electron chi connectivity index (χ2n) is 19.9. The summed E-state index contributed by atoms with van der Waals surface area (Å²) in [4.78, 5) is 25.4. The summed E-state index contributed by atoms with van der Waals surface area (Å²) >= 11 is 0. The second kappa shape index (κ2) is 48.9. The monoisotopic (exact) mass is 959 g/mol. The number of unbranched alkanes of at least 4 members (excludes halogenated alkanes) is 27. The van der Waals surface area contributed by atoms with Gasteiger partial charge in [0.05, 0.1) is 39.9 Å². The van der Waals surface area contributed by atoms with Gasteiger partial charge in [0.15, 0.2) is 0 Å². The van der Waals surface area contributed by atoms with Crippen LogP contribution in [0.1, 0.15) is 239 Å². The van der Waals surface area contributed by atoms with Gasteiger partial charge in [0.2, 0.25) is 5.91 Å². The lowest BCUT2D eigenvalue weighted by molar-refractivity contribution is -0.870. The Balaban J connectivity index is 4.29. The van der Waals surface area contributed by atoms with Gasteiger partial charge in [-0.2, -0.15) is 0 Å². The van der Waals surface area contributed by atoms with Crippen LogP contribution in [0.4, 0.5) is 0 Å². The van der Waals surface area contributed by atoms with E-state index in [2.05, 4.69) is 79.9 Å². The van der Waals surface area contributed by atoms with E-state index >= 15 is 0 Å². The molecule has 0 saturated heterocycles. The van der Waals surface area contributed by atoms with Crippen LogP contribution in [0.5, 0.6) is 0 Å². The molecule has 0 heterocycles. The average Bonchev–Trinajstić information content (AvgIpc) is 3.29. The van der Waals surface area contributed by atoms with E-state index in [0.717, 1.165) is 70.6 Å².